The predicted molar refractivity (Wildman–Crippen MR) is 85.0 cm³/mol. The molecule has 0 heterocycles. The first-order chi connectivity index (χ1) is 9.51. The van der Waals surface area contributed by atoms with E-state index < -0.39 is 0 Å². The maximum absolute atomic E-state index is 8.92. The fourth-order valence-electron chi connectivity index (χ4n) is 2.11. The summed E-state index contributed by atoms with van der Waals surface area (Å²) in [5, 5.41) is 12.5. The Morgan fingerprint density at radius 2 is 2.05 bits per heavy atom. The van der Waals surface area contributed by atoms with E-state index in [9.17, 15) is 0 Å². The van der Waals surface area contributed by atoms with E-state index in [2.05, 4.69) is 36.0 Å². The SMILES string of the molecule is CCN(CCCN(C)C)c1cccc(Cl)c1/C(N)=N/O. The molecule has 0 saturated heterocycles. The summed E-state index contributed by atoms with van der Waals surface area (Å²) in [6.45, 7) is 4.81. The molecule has 0 radical (unpaired) electrons. The molecule has 6 heteroatoms. The van der Waals surface area contributed by atoms with Gasteiger partial charge in [-0.2, -0.15) is 0 Å². The van der Waals surface area contributed by atoms with Crippen molar-refractivity contribution in [1.29, 1.82) is 0 Å². The van der Waals surface area contributed by atoms with Crippen LogP contribution in [0.2, 0.25) is 5.02 Å². The number of oxime groups is 1. The number of benzene rings is 1. The first kappa shape index (κ1) is 16.6. The van der Waals surface area contributed by atoms with Gasteiger partial charge in [0.15, 0.2) is 5.84 Å². The molecule has 0 aliphatic rings. The van der Waals surface area contributed by atoms with Crippen LogP contribution in [0.1, 0.15) is 18.9 Å². The highest BCUT2D eigenvalue weighted by molar-refractivity contribution is 6.34. The van der Waals surface area contributed by atoms with E-state index in [-0.39, 0.29) is 5.84 Å². The van der Waals surface area contributed by atoms with E-state index in [1.165, 1.54) is 0 Å². The van der Waals surface area contributed by atoms with E-state index in [4.69, 9.17) is 22.5 Å². The lowest BCUT2D eigenvalue weighted by Gasteiger charge is -2.26. The second-order valence-corrected chi connectivity index (χ2v) is 5.26. The van der Waals surface area contributed by atoms with Crippen LogP contribution in [-0.4, -0.2) is 49.7 Å². The number of hydrogen-bond donors (Lipinski definition) is 2. The first-order valence-corrected chi connectivity index (χ1v) is 7.05. The van der Waals surface area contributed by atoms with Crippen molar-refractivity contribution < 1.29 is 5.21 Å². The van der Waals surface area contributed by atoms with Gasteiger partial charge in [0.05, 0.1) is 10.6 Å². The molecule has 1 aromatic rings. The smallest absolute Gasteiger partial charge is 0.173 e. The lowest BCUT2D eigenvalue weighted by atomic mass is 10.1. The van der Waals surface area contributed by atoms with Gasteiger partial charge < -0.3 is 20.7 Å². The Labute approximate surface area is 125 Å². The molecule has 0 amide bonds. The summed E-state index contributed by atoms with van der Waals surface area (Å²) in [6.07, 6.45) is 1.03. The third-order valence-corrected chi connectivity index (χ3v) is 3.43. The highest BCUT2D eigenvalue weighted by atomic mass is 35.5. The standard InChI is InChI=1S/C14H23ClN4O/c1-4-19(10-6-9-18(2)3)12-8-5-7-11(15)13(12)14(16)17-20/h5,7-8,20H,4,6,9-10H2,1-3H3,(H2,16,17). The minimum absolute atomic E-state index is 0.0386. The van der Waals surface area contributed by atoms with Crippen molar-refractivity contribution >= 4 is 23.1 Å². The monoisotopic (exact) mass is 298 g/mol. The molecule has 0 aliphatic carbocycles. The van der Waals surface area contributed by atoms with Crippen LogP contribution in [0, 0.1) is 0 Å². The van der Waals surface area contributed by atoms with Gasteiger partial charge in [-0.15, -0.1) is 0 Å². The normalized spacial score (nSPS) is 11.9. The van der Waals surface area contributed by atoms with Crippen LogP contribution in [-0.2, 0) is 0 Å². The van der Waals surface area contributed by atoms with Crippen LogP contribution in [0.3, 0.4) is 0 Å². The molecular formula is C14H23ClN4O. The van der Waals surface area contributed by atoms with Crippen LogP contribution in [0.5, 0.6) is 0 Å². The van der Waals surface area contributed by atoms with Gasteiger partial charge in [0, 0.05) is 18.8 Å². The van der Waals surface area contributed by atoms with Crippen LogP contribution in [0.4, 0.5) is 5.69 Å². The summed E-state index contributed by atoms with van der Waals surface area (Å²) in [5.74, 6) is 0.0386. The topological polar surface area (TPSA) is 65.1 Å². The summed E-state index contributed by atoms with van der Waals surface area (Å²) in [7, 11) is 4.11. The van der Waals surface area contributed by atoms with Gasteiger partial charge >= 0.3 is 0 Å². The zero-order valence-corrected chi connectivity index (χ0v) is 13.1. The Bertz CT molecular complexity index is 462. The molecule has 5 nitrogen and oxygen atoms in total. The average Bonchev–Trinajstić information content (AvgIpc) is 2.42. The number of nitrogens with two attached hydrogens (primary N) is 1. The molecule has 112 valence electrons. The van der Waals surface area contributed by atoms with Gasteiger partial charge in [-0.25, -0.2) is 0 Å². The fraction of sp³-hybridized carbons (Fsp3) is 0.500. The van der Waals surface area contributed by atoms with Gasteiger partial charge in [0.1, 0.15) is 0 Å². The maximum Gasteiger partial charge on any atom is 0.173 e. The minimum Gasteiger partial charge on any atom is -0.409 e. The van der Waals surface area contributed by atoms with Crippen LogP contribution in [0.15, 0.2) is 23.4 Å². The van der Waals surface area contributed by atoms with Crippen molar-refractivity contribution in [1.82, 2.24) is 4.90 Å². The van der Waals surface area contributed by atoms with Crippen molar-refractivity contribution in [2.45, 2.75) is 13.3 Å². The van der Waals surface area contributed by atoms with E-state index in [0.717, 1.165) is 31.7 Å². The van der Waals surface area contributed by atoms with Crippen molar-refractivity contribution in [2.24, 2.45) is 10.9 Å². The number of amidine groups is 1. The molecule has 20 heavy (non-hydrogen) atoms. The largest absolute Gasteiger partial charge is 0.409 e. The molecule has 0 spiro atoms. The summed E-state index contributed by atoms with van der Waals surface area (Å²) in [4.78, 5) is 4.33. The second kappa shape index (κ2) is 7.97. The number of hydrogen-bond acceptors (Lipinski definition) is 4. The molecule has 0 aromatic heterocycles. The zero-order valence-electron chi connectivity index (χ0n) is 12.3. The summed E-state index contributed by atoms with van der Waals surface area (Å²) in [5.41, 5.74) is 7.23. The summed E-state index contributed by atoms with van der Waals surface area (Å²) >= 11 is 6.18. The van der Waals surface area contributed by atoms with Crippen molar-refractivity contribution in [3.63, 3.8) is 0 Å². The zero-order chi connectivity index (χ0) is 15.1. The van der Waals surface area contributed by atoms with Gasteiger partial charge in [-0.3, -0.25) is 0 Å². The number of halogens is 1. The molecule has 0 bridgehead atoms. The van der Waals surface area contributed by atoms with Gasteiger partial charge in [-0.05, 0) is 46.1 Å². The molecule has 3 N–H and O–H groups in total. The second-order valence-electron chi connectivity index (χ2n) is 4.86. The molecule has 0 unspecified atom stereocenters. The molecular weight excluding hydrogens is 276 g/mol. The third-order valence-electron chi connectivity index (χ3n) is 3.11. The van der Waals surface area contributed by atoms with E-state index in [1.807, 2.05) is 12.1 Å². The molecule has 1 rings (SSSR count). The lowest BCUT2D eigenvalue weighted by Crippen LogP contribution is -2.29. The van der Waals surface area contributed by atoms with Gasteiger partial charge in [0.25, 0.3) is 0 Å². The average molecular weight is 299 g/mol. The summed E-state index contributed by atoms with van der Waals surface area (Å²) < 4.78 is 0. The Morgan fingerprint density at radius 1 is 1.35 bits per heavy atom. The fourth-order valence-corrected chi connectivity index (χ4v) is 2.37. The van der Waals surface area contributed by atoms with E-state index >= 15 is 0 Å². The Hall–Kier alpha value is -1.46. The maximum atomic E-state index is 8.92. The van der Waals surface area contributed by atoms with Gasteiger partial charge in [-0.1, -0.05) is 22.8 Å². The third kappa shape index (κ3) is 4.28. The van der Waals surface area contributed by atoms with E-state index in [1.54, 1.807) is 6.07 Å². The minimum atomic E-state index is 0.0386. The molecule has 0 fully saturated rings. The van der Waals surface area contributed by atoms with Crippen LogP contribution >= 0.6 is 11.6 Å². The highest BCUT2D eigenvalue weighted by Gasteiger charge is 2.16. The molecule has 0 aliphatic heterocycles. The Morgan fingerprint density at radius 3 is 2.60 bits per heavy atom. The first-order valence-electron chi connectivity index (χ1n) is 6.67. The number of nitrogens with zero attached hydrogens (tertiary/aromatic N) is 3. The number of anilines is 1. The van der Waals surface area contributed by atoms with Crippen LogP contribution < -0.4 is 10.6 Å². The van der Waals surface area contributed by atoms with Crippen molar-refractivity contribution in [3.8, 4) is 0 Å². The quantitative estimate of drug-likeness (QED) is 0.351. The lowest BCUT2D eigenvalue weighted by molar-refractivity contribution is 0.318. The predicted octanol–water partition coefficient (Wildman–Crippen LogP) is 2.21. The summed E-state index contributed by atoms with van der Waals surface area (Å²) in [6, 6.07) is 5.56. The van der Waals surface area contributed by atoms with Crippen molar-refractivity contribution in [2.75, 3.05) is 38.6 Å². The molecule has 0 saturated carbocycles. The number of rotatable bonds is 7. The van der Waals surface area contributed by atoms with E-state index in [0.29, 0.717) is 10.6 Å². The van der Waals surface area contributed by atoms with Crippen molar-refractivity contribution in [3.05, 3.63) is 28.8 Å². The Kier molecular flexibility index (Phi) is 6.61. The highest BCUT2D eigenvalue weighted by Crippen LogP contribution is 2.27. The van der Waals surface area contributed by atoms with Crippen LogP contribution in [0.25, 0.3) is 0 Å². The molecule has 1 aromatic carbocycles. The Balaban J connectivity index is 3.00. The molecule has 0 atom stereocenters. The van der Waals surface area contributed by atoms with Gasteiger partial charge in [0.2, 0.25) is 0 Å².